The van der Waals surface area contributed by atoms with Gasteiger partial charge in [-0.25, -0.2) is 0 Å². The van der Waals surface area contributed by atoms with Gasteiger partial charge >= 0.3 is 0 Å². The number of anilines is 1. The molecule has 1 amide bonds. The van der Waals surface area contributed by atoms with Crippen LogP contribution in [0.25, 0.3) is 10.9 Å². The van der Waals surface area contributed by atoms with E-state index < -0.39 is 0 Å². The van der Waals surface area contributed by atoms with Crippen molar-refractivity contribution in [3.8, 4) is 0 Å². The van der Waals surface area contributed by atoms with E-state index in [1.165, 1.54) is 11.3 Å². The van der Waals surface area contributed by atoms with Crippen molar-refractivity contribution in [3.63, 3.8) is 0 Å². The molecule has 0 unspecified atom stereocenters. The molecule has 2 aromatic heterocycles. The molecule has 3 aromatic rings. The van der Waals surface area contributed by atoms with Crippen LogP contribution in [0.2, 0.25) is 0 Å². The van der Waals surface area contributed by atoms with Crippen LogP contribution in [-0.4, -0.2) is 25.9 Å². The fourth-order valence-corrected chi connectivity index (χ4v) is 2.43. The van der Waals surface area contributed by atoms with E-state index in [-0.39, 0.29) is 5.91 Å². The average Bonchev–Trinajstić information content (AvgIpc) is 3.03. The van der Waals surface area contributed by atoms with Gasteiger partial charge in [0.15, 0.2) is 0 Å². The molecule has 0 aliphatic carbocycles. The van der Waals surface area contributed by atoms with Crippen LogP contribution in [0, 0.1) is 0 Å². The lowest BCUT2D eigenvalue weighted by Crippen LogP contribution is -2.22. The minimum atomic E-state index is -0.165. The van der Waals surface area contributed by atoms with E-state index in [2.05, 4.69) is 20.6 Å². The van der Waals surface area contributed by atoms with Gasteiger partial charge in [-0.05, 0) is 12.1 Å². The first-order chi connectivity index (χ1) is 9.63. The Hall–Kier alpha value is -2.48. The molecule has 20 heavy (non-hydrogen) atoms. The summed E-state index contributed by atoms with van der Waals surface area (Å²) in [4.78, 5) is 12.1. The predicted molar refractivity (Wildman–Crippen MR) is 76.2 cm³/mol. The van der Waals surface area contributed by atoms with Crippen LogP contribution >= 0.6 is 11.3 Å². The van der Waals surface area contributed by atoms with Gasteiger partial charge in [-0.1, -0.05) is 17.4 Å². The minimum Gasteiger partial charge on any atom is -0.374 e. The first-order valence-electron chi connectivity index (χ1n) is 5.91. The highest BCUT2D eigenvalue weighted by molar-refractivity contribution is 7.15. The van der Waals surface area contributed by atoms with Crippen LogP contribution in [0.3, 0.4) is 0 Å². The summed E-state index contributed by atoms with van der Waals surface area (Å²) < 4.78 is 1.73. The van der Waals surface area contributed by atoms with Gasteiger partial charge in [0.25, 0.3) is 5.91 Å². The number of nitrogens with zero attached hydrogens (tertiary/aromatic N) is 4. The highest BCUT2D eigenvalue weighted by Crippen LogP contribution is 2.15. The van der Waals surface area contributed by atoms with E-state index in [1.807, 2.05) is 19.2 Å². The average molecular weight is 288 g/mol. The SMILES string of the molecule is Cn1ncc2ccc(C(=O)NCc3nnc(N)s3)cc21. The second-order valence-corrected chi connectivity index (χ2v) is 5.35. The number of aryl methyl sites for hydroxylation is 1. The Morgan fingerprint density at radius 2 is 2.30 bits per heavy atom. The molecule has 0 radical (unpaired) electrons. The summed E-state index contributed by atoms with van der Waals surface area (Å²) in [7, 11) is 1.84. The van der Waals surface area contributed by atoms with Crippen LogP contribution in [0.1, 0.15) is 15.4 Å². The van der Waals surface area contributed by atoms with Gasteiger partial charge in [-0.3, -0.25) is 9.48 Å². The number of fused-ring (bicyclic) bond motifs is 1. The number of hydrogen-bond acceptors (Lipinski definition) is 6. The van der Waals surface area contributed by atoms with E-state index >= 15 is 0 Å². The summed E-state index contributed by atoms with van der Waals surface area (Å²) in [6, 6.07) is 5.46. The molecule has 0 fully saturated rings. The molecule has 0 aliphatic heterocycles. The molecule has 8 heteroatoms. The van der Waals surface area contributed by atoms with E-state index in [1.54, 1.807) is 16.9 Å². The summed E-state index contributed by atoms with van der Waals surface area (Å²) in [6.07, 6.45) is 1.76. The van der Waals surface area contributed by atoms with Crippen LogP contribution in [-0.2, 0) is 13.6 Å². The number of amides is 1. The molecule has 3 N–H and O–H groups in total. The number of hydrogen-bond donors (Lipinski definition) is 2. The second-order valence-electron chi connectivity index (χ2n) is 4.26. The smallest absolute Gasteiger partial charge is 0.251 e. The lowest BCUT2D eigenvalue weighted by molar-refractivity contribution is 0.0951. The molecular formula is C12H12N6OS. The Kier molecular flexibility index (Phi) is 3.07. The van der Waals surface area contributed by atoms with Gasteiger partial charge < -0.3 is 11.1 Å². The van der Waals surface area contributed by atoms with Crippen LogP contribution < -0.4 is 11.1 Å². The lowest BCUT2D eigenvalue weighted by Gasteiger charge is -2.03. The Morgan fingerprint density at radius 1 is 1.45 bits per heavy atom. The molecule has 0 aliphatic rings. The number of nitrogen functional groups attached to an aromatic ring is 1. The molecule has 0 saturated heterocycles. The molecular weight excluding hydrogens is 276 g/mol. The van der Waals surface area contributed by atoms with Gasteiger partial charge in [0, 0.05) is 18.0 Å². The van der Waals surface area contributed by atoms with Crippen molar-refractivity contribution in [2.75, 3.05) is 5.73 Å². The molecule has 3 rings (SSSR count). The van der Waals surface area contributed by atoms with Gasteiger partial charge in [0.2, 0.25) is 5.13 Å². The maximum atomic E-state index is 12.1. The third-order valence-corrected chi connectivity index (χ3v) is 3.65. The summed E-state index contributed by atoms with van der Waals surface area (Å²) in [6.45, 7) is 0.317. The predicted octanol–water partition coefficient (Wildman–Crippen LogP) is 0.937. The first kappa shape index (κ1) is 12.5. The summed E-state index contributed by atoms with van der Waals surface area (Å²) >= 11 is 1.26. The third-order valence-electron chi connectivity index (χ3n) is 2.89. The fourth-order valence-electron chi connectivity index (χ4n) is 1.88. The second kappa shape index (κ2) is 4.89. The van der Waals surface area contributed by atoms with Gasteiger partial charge in [0.1, 0.15) is 5.01 Å². The van der Waals surface area contributed by atoms with Gasteiger partial charge in [-0.2, -0.15) is 5.10 Å². The third kappa shape index (κ3) is 2.32. The van der Waals surface area contributed by atoms with E-state index in [0.717, 1.165) is 10.9 Å². The first-order valence-corrected chi connectivity index (χ1v) is 6.73. The number of carbonyl (C=O) groups excluding carboxylic acids is 1. The Labute approximate surface area is 118 Å². The summed E-state index contributed by atoms with van der Waals surface area (Å²) in [5, 5.41) is 16.6. The minimum absolute atomic E-state index is 0.165. The van der Waals surface area contributed by atoms with Gasteiger partial charge in [-0.15, -0.1) is 10.2 Å². The number of benzene rings is 1. The number of nitrogens with one attached hydrogen (secondary N) is 1. The van der Waals surface area contributed by atoms with Crippen molar-refractivity contribution >= 4 is 33.3 Å². The molecule has 2 heterocycles. The number of nitrogens with two attached hydrogens (primary N) is 1. The van der Waals surface area contributed by atoms with Crippen LogP contribution in [0.5, 0.6) is 0 Å². The van der Waals surface area contributed by atoms with E-state index in [4.69, 9.17) is 5.73 Å². The maximum Gasteiger partial charge on any atom is 0.251 e. The molecule has 0 atom stereocenters. The molecule has 0 saturated carbocycles. The number of rotatable bonds is 3. The zero-order valence-corrected chi connectivity index (χ0v) is 11.5. The highest BCUT2D eigenvalue weighted by Gasteiger charge is 2.09. The molecule has 0 spiro atoms. The zero-order valence-electron chi connectivity index (χ0n) is 10.7. The molecule has 102 valence electrons. The monoisotopic (exact) mass is 288 g/mol. The fraction of sp³-hybridized carbons (Fsp3) is 0.167. The van der Waals surface area contributed by atoms with Crippen molar-refractivity contribution in [1.29, 1.82) is 0 Å². The van der Waals surface area contributed by atoms with Crippen molar-refractivity contribution in [2.45, 2.75) is 6.54 Å². The van der Waals surface area contributed by atoms with Crippen molar-refractivity contribution in [2.24, 2.45) is 7.05 Å². The van der Waals surface area contributed by atoms with Crippen molar-refractivity contribution in [1.82, 2.24) is 25.3 Å². The number of carbonyl (C=O) groups is 1. The Balaban J connectivity index is 1.76. The van der Waals surface area contributed by atoms with Crippen molar-refractivity contribution < 1.29 is 4.79 Å². The lowest BCUT2D eigenvalue weighted by atomic mass is 10.1. The Bertz CT molecular complexity index is 777. The van der Waals surface area contributed by atoms with Crippen LogP contribution in [0.15, 0.2) is 24.4 Å². The maximum absolute atomic E-state index is 12.1. The standard InChI is InChI=1S/C12H12N6OS/c1-18-9-4-7(2-3-8(9)5-15-18)11(19)14-6-10-16-17-12(13)20-10/h2-5H,6H2,1H3,(H2,13,17)(H,14,19). The topological polar surface area (TPSA) is 98.7 Å². The van der Waals surface area contributed by atoms with Gasteiger partial charge in [0.05, 0.1) is 18.3 Å². The Morgan fingerprint density at radius 3 is 3.05 bits per heavy atom. The van der Waals surface area contributed by atoms with E-state index in [0.29, 0.717) is 22.2 Å². The molecule has 0 bridgehead atoms. The zero-order chi connectivity index (χ0) is 14.1. The highest BCUT2D eigenvalue weighted by atomic mass is 32.1. The molecule has 7 nitrogen and oxygen atoms in total. The van der Waals surface area contributed by atoms with Crippen LogP contribution in [0.4, 0.5) is 5.13 Å². The normalized spacial score (nSPS) is 10.8. The summed E-state index contributed by atoms with van der Waals surface area (Å²) in [5.41, 5.74) is 6.98. The summed E-state index contributed by atoms with van der Waals surface area (Å²) in [5.74, 6) is -0.165. The largest absolute Gasteiger partial charge is 0.374 e. The number of aromatic nitrogens is 4. The quantitative estimate of drug-likeness (QED) is 0.747. The molecule has 1 aromatic carbocycles. The van der Waals surface area contributed by atoms with Crippen molar-refractivity contribution in [3.05, 3.63) is 35.0 Å². The van der Waals surface area contributed by atoms with E-state index in [9.17, 15) is 4.79 Å².